The number of nitrogens with zero attached hydrogens (tertiary/aromatic N) is 3. The number of benzene rings is 1. The summed E-state index contributed by atoms with van der Waals surface area (Å²) in [7, 11) is 0. The highest BCUT2D eigenvalue weighted by Gasteiger charge is 2.06. The lowest BCUT2D eigenvalue weighted by molar-refractivity contribution is 0.215. The van der Waals surface area contributed by atoms with Crippen LogP contribution < -0.4 is 10.1 Å². The topological polar surface area (TPSA) is 68.5 Å². The van der Waals surface area contributed by atoms with Crippen molar-refractivity contribution in [2.24, 2.45) is 0 Å². The third kappa shape index (κ3) is 3.02. The molecule has 6 nitrogen and oxygen atoms in total. The fraction of sp³-hybridized carbons (Fsp3) is 0. The lowest BCUT2D eigenvalue weighted by Gasteiger charge is -2.04. The maximum Gasteiger partial charge on any atom is 0.418 e. The Labute approximate surface area is 103 Å². The molecule has 1 N–H and O–H groups in total. The summed E-state index contributed by atoms with van der Waals surface area (Å²) in [6.07, 6.45) is 1.90. The fourth-order valence-electron chi connectivity index (χ4n) is 1.17. The van der Waals surface area contributed by atoms with Crippen molar-refractivity contribution in [3.05, 3.63) is 54.1 Å². The van der Waals surface area contributed by atoms with Gasteiger partial charge in [0.2, 0.25) is 0 Å². The number of ether oxygens (including phenoxy) is 1. The van der Waals surface area contributed by atoms with Gasteiger partial charge in [-0.15, -0.1) is 4.98 Å². The maximum atomic E-state index is 11.5. The second-order valence-electron chi connectivity index (χ2n) is 3.20. The Balaban J connectivity index is 1.97. The highest BCUT2D eigenvalue weighted by Crippen LogP contribution is 2.11. The van der Waals surface area contributed by atoms with Gasteiger partial charge < -0.3 is 9.58 Å². The van der Waals surface area contributed by atoms with E-state index in [-0.39, 0.29) is 11.6 Å². The van der Waals surface area contributed by atoms with Crippen LogP contribution in [-0.2, 0) is 0 Å². The Kier molecular flexibility index (Phi) is 3.47. The van der Waals surface area contributed by atoms with Gasteiger partial charge in [-0.05, 0) is 12.1 Å². The molecule has 1 heterocycles. The zero-order chi connectivity index (χ0) is 12.8. The molecular formula is C12H8N4O2. The molecule has 0 bridgehead atoms. The molecule has 88 valence electrons. The van der Waals surface area contributed by atoms with Crippen molar-refractivity contribution in [3.63, 3.8) is 0 Å². The standard InChI is InChI=1S/C12H8N4O2/c1-13-10-7-15-11(8-14-10)16-12(17)18-9-5-3-2-4-6-9/h2-8H,(H,15,16,17). The molecule has 1 aromatic carbocycles. The molecular weight excluding hydrogens is 232 g/mol. The molecule has 1 amide bonds. The molecule has 0 saturated heterocycles. The number of carbonyl (C=O) groups excluding carboxylic acids is 1. The Morgan fingerprint density at radius 1 is 1.22 bits per heavy atom. The molecule has 18 heavy (non-hydrogen) atoms. The minimum absolute atomic E-state index is 0.164. The van der Waals surface area contributed by atoms with E-state index in [1.807, 2.05) is 6.07 Å². The summed E-state index contributed by atoms with van der Waals surface area (Å²) in [5, 5.41) is 2.40. The van der Waals surface area contributed by atoms with E-state index in [1.165, 1.54) is 12.4 Å². The average molecular weight is 240 g/mol. The summed E-state index contributed by atoms with van der Waals surface area (Å²) in [5.41, 5.74) is 0. The molecule has 2 aromatic rings. The van der Waals surface area contributed by atoms with Crippen LogP contribution in [0, 0.1) is 6.57 Å². The van der Waals surface area contributed by atoms with Crippen molar-refractivity contribution in [2.75, 3.05) is 5.32 Å². The van der Waals surface area contributed by atoms with Crippen LogP contribution in [0.1, 0.15) is 0 Å². The van der Waals surface area contributed by atoms with E-state index >= 15 is 0 Å². The molecule has 6 heteroatoms. The van der Waals surface area contributed by atoms with Crippen LogP contribution in [0.2, 0.25) is 0 Å². The zero-order valence-electron chi connectivity index (χ0n) is 9.20. The van der Waals surface area contributed by atoms with Gasteiger partial charge in [0.25, 0.3) is 5.82 Å². The summed E-state index contributed by atoms with van der Waals surface area (Å²) < 4.78 is 5.00. The van der Waals surface area contributed by atoms with E-state index in [2.05, 4.69) is 20.1 Å². The van der Waals surface area contributed by atoms with Crippen LogP contribution >= 0.6 is 0 Å². The lowest BCUT2D eigenvalue weighted by atomic mass is 10.3. The molecule has 0 unspecified atom stereocenters. The Bertz CT molecular complexity index is 575. The normalized spacial score (nSPS) is 9.28. The predicted molar refractivity (Wildman–Crippen MR) is 64.4 cm³/mol. The van der Waals surface area contributed by atoms with Gasteiger partial charge in [-0.3, -0.25) is 5.32 Å². The molecule has 0 aliphatic rings. The number of para-hydroxylation sites is 1. The zero-order valence-corrected chi connectivity index (χ0v) is 9.20. The first kappa shape index (κ1) is 11.5. The first-order valence-electron chi connectivity index (χ1n) is 5.01. The molecule has 0 atom stereocenters. The summed E-state index contributed by atoms with van der Waals surface area (Å²) in [6.45, 7) is 6.71. The molecule has 1 aromatic heterocycles. The van der Waals surface area contributed by atoms with Gasteiger partial charge >= 0.3 is 6.09 Å². The third-order valence-corrected chi connectivity index (χ3v) is 1.94. The Morgan fingerprint density at radius 2 is 2.00 bits per heavy atom. The quantitative estimate of drug-likeness (QED) is 0.819. The van der Waals surface area contributed by atoms with Crippen molar-refractivity contribution in [3.8, 4) is 5.75 Å². The molecule has 0 saturated carbocycles. The third-order valence-electron chi connectivity index (χ3n) is 1.94. The van der Waals surface area contributed by atoms with E-state index < -0.39 is 6.09 Å². The van der Waals surface area contributed by atoms with Crippen molar-refractivity contribution >= 4 is 17.7 Å². The number of amides is 1. The Hall–Kier alpha value is -2.94. The minimum atomic E-state index is -0.661. The van der Waals surface area contributed by atoms with Gasteiger partial charge in [0.15, 0.2) is 12.0 Å². The van der Waals surface area contributed by atoms with Crippen LogP contribution in [0.3, 0.4) is 0 Å². The minimum Gasteiger partial charge on any atom is -0.410 e. The number of aromatic nitrogens is 2. The van der Waals surface area contributed by atoms with Gasteiger partial charge in [-0.2, -0.15) is 0 Å². The van der Waals surface area contributed by atoms with Crippen molar-refractivity contribution in [1.82, 2.24) is 9.97 Å². The predicted octanol–water partition coefficient (Wildman–Crippen LogP) is 2.64. The second-order valence-corrected chi connectivity index (χ2v) is 3.20. The highest BCUT2D eigenvalue weighted by atomic mass is 16.6. The fourth-order valence-corrected chi connectivity index (χ4v) is 1.17. The van der Waals surface area contributed by atoms with Gasteiger partial charge in [-0.1, -0.05) is 24.8 Å². The van der Waals surface area contributed by atoms with Gasteiger partial charge in [0, 0.05) is 0 Å². The summed E-state index contributed by atoms with van der Waals surface area (Å²) in [6, 6.07) is 8.65. The molecule has 0 fully saturated rings. The van der Waals surface area contributed by atoms with Crippen LogP contribution in [-0.4, -0.2) is 16.1 Å². The van der Waals surface area contributed by atoms with Gasteiger partial charge in [0.05, 0.1) is 6.20 Å². The van der Waals surface area contributed by atoms with Crippen molar-refractivity contribution in [1.29, 1.82) is 0 Å². The monoisotopic (exact) mass is 240 g/mol. The number of hydrogen-bond acceptors (Lipinski definition) is 4. The number of hydrogen-bond donors (Lipinski definition) is 1. The SMILES string of the molecule is [C-]#[N+]c1cnc(NC(=O)Oc2ccccc2)cn1. The largest absolute Gasteiger partial charge is 0.418 e. The second kappa shape index (κ2) is 5.41. The van der Waals surface area contributed by atoms with Gasteiger partial charge in [-0.25, -0.2) is 9.78 Å². The van der Waals surface area contributed by atoms with E-state index in [0.29, 0.717) is 5.75 Å². The van der Waals surface area contributed by atoms with Crippen LogP contribution in [0.4, 0.5) is 16.4 Å². The number of rotatable bonds is 2. The van der Waals surface area contributed by atoms with Gasteiger partial charge in [0.1, 0.15) is 5.75 Å². The van der Waals surface area contributed by atoms with Crippen LogP contribution in [0.15, 0.2) is 42.7 Å². The van der Waals surface area contributed by atoms with E-state index in [1.54, 1.807) is 24.3 Å². The van der Waals surface area contributed by atoms with Crippen LogP contribution in [0.25, 0.3) is 4.85 Å². The molecule has 0 aliphatic heterocycles. The van der Waals surface area contributed by atoms with E-state index in [9.17, 15) is 4.79 Å². The number of carbonyl (C=O) groups is 1. The molecule has 0 aliphatic carbocycles. The average Bonchev–Trinajstić information content (AvgIpc) is 2.40. The summed E-state index contributed by atoms with van der Waals surface area (Å²) in [4.78, 5) is 22.2. The molecule has 0 radical (unpaired) electrons. The first-order chi connectivity index (χ1) is 8.78. The number of anilines is 1. The number of nitrogens with one attached hydrogen (secondary N) is 1. The molecule has 0 spiro atoms. The maximum absolute atomic E-state index is 11.5. The Morgan fingerprint density at radius 3 is 2.61 bits per heavy atom. The van der Waals surface area contributed by atoms with E-state index in [0.717, 1.165) is 0 Å². The summed E-state index contributed by atoms with van der Waals surface area (Å²) in [5.74, 6) is 0.820. The highest BCUT2D eigenvalue weighted by molar-refractivity contribution is 5.84. The lowest BCUT2D eigenvalue weighted by Crippen LogP contribution is -2.17. The van der Waals surface area contributed by atoms with Crippen LogP contribution in [0.5, 0.6) is 5.75 Å². The smallest absolute Gasteiger partial charge is 0.410 e. The first-order valence-corrected chi connectivity index (χ1v) is 5.01. The summed E-state index contributed by atoms with van der Waals surface area (Å²) >= 11 is 0. The molecule has 2 rings (SSSR count). The van der Waals surface area contributed by atoms with Crippen molar-refractivity contribution in [2.45, 2.75) is 0 Å². The van der Waals surface area contributed by atoms with E-state index in [4.69, 9.17) is 11.3 Å². The van der Waals surface area contributed by atoms with Crippen molar-refractivity contribution < 1.29 is 9.53 Å².